The third-order valence-electron chi connectivity index (χ3n) is 5.04. The summed E-state index contributed by atoms with van der Waals surface area (Å²) in [6, 6.07) is 10.0. The van der Waals surface area contributed by atoms with Crippen LogP contribution in [0.15, 0.2) is 36.4 Å². The van der Waals surface area contributed by atoms with E-state index in [0.29, 0.717) is 42.7 Å². The predicted molar refractivity (Wildman–Crippen MR) is 118 cm³/mol. The average molecular weight is 442 g/mol. The maximum absolute atomic E-state index is 12.6. The summed E-state index contributed by atoms with van der Waals surface area (Å²) in [5.74, 6) is 0.247. The molecule has 0 atom stereocenters. The number of hydrogen-bond acceptors (Lipinski definition) is 7. The number of methoxy groups -OCH3 is 1. The number of carbonyl (C=O) groups is 2. The maximum atomic E-state index is 12.6. The number of anilines is 1. The van der Waals surface area contributed by atoms with Gasteiger partial charge < -0.3 is 25.2 Å². The van der Waals surface area contributed by atoms with Crippen molar-refractivity contribution in [3.05, 3.63) is 36.4 Å². The summed E-state index contributed by atoms with van der Waals surface area (Å²) in [6.07, 6.45) is 0. The number of urea groups is 1. The van der Waals surface area contributed by atoms with Gasteiger partial charge in [0.25, 0.3) is 0 Å². The summed E-state index contributed by atoms with van der Waals surface area (Å²) in [5, 5.41) is 10.2. The predicted octanol–water partition coefficient (Wildman–Crippen LogP) is 2.42. The maximum Gasteiger partial charge on any atom is 0.321 e. The summed E-state index contributed by atoms with van der Waals surface area (Å²) >= 11 is 1.28. The smallest absolute Gasteiger partial charge is 0.321 e. The number of aromatic nitrogens is 1. The topological polar surface area (TPSA) is 118 Å². The van der Waals surface area contributed by atoms with Crippen LogP contribution in [0.4, 0.5) is 9.93 Å². The zero-order valence-corrected chi connectivity index (χ0v) is 17.7. The van der Waals surface area contributed by atoms with Crippen molar-refractivity contribution in [1.82, 2.24) is 9.88 Å². The van der Waals surface area contributed by atoms with Gasteiger partial charge in [-0.3, -0.25) is 9.69 Å². The molecule has 0 aliphatic carbocycles. The summed E-state index contributed by atoms with van der Waals surface area (Å²) in [5.41, 5.74) is 8.01. The molecule has 3 aromatic rings. The number of aromatic hydroxyl groups is 1. The molecule has 31 heavy (non-hydrogen) atoms. The van der Waals surface area contributed by atoms with Crippen molar-refractivity contribution < 1.29 is 24.2 Å². The van der Waals surface area contributed by atoms with Crippen LogP contribution in [0.1, 0.15) is 0 Å². The molecule has 1 saturated heterocycles. The molecule has 3 amide bonds. The van der Waals surface area contributed by atoms with Crippen LogP contribution in [0.3, 0.4) is 0 Å². The van der Waals surface area contributed by atoms with Crippen molar-refractivity contribution >= 4 is 38.6 Å². The second-order valence-corrected chi connectivity index (χ2v) is 7.99. The van der Waals surface area contributed by atoms with Gasteiger partial charge in [-0.25, -0.2) is 9.78 Å². The zero-order valence-electron chi connectivity index (χ0n) is 16.9. The molecule has 4 rings (SSSR count). The van der Waals surface area contributed by atoms with Gasteiger partial charge in [-0.05, 0) is 35.4 Å². The van der Waals surface area contributed by atoms with Crippen molar-refractivity contribution in [3.8, 4) is 22.6 Å². The molecule has 0 spiro atoms. The van der Waals surface area contributed by atoms with Gasteiger partial charge in [0, 0.05) is 13.1 Å². The number of rotatable bonds is 5. The highest BCUT2D eigenvalue weighted by molar-refractivity contribution is 7.22. The summed E-state index contributed by atoms with van der Waals surface area (Å²) in [6.45, 7) is 1.77. The van der Waals surface area contributed by atoms with E-state index < -0.39 is 6.03 Å². The lowest BCUT2D eigenvalue weighted by molar-refractivity contribution is -0.133. The summed E-state index contributed by atoms with van der Waals surface area (Å²) in [7, 11) is 1.49. The van der Waals surface area contributed by atoms with E-state index in [9.17, 15) is 14.7 Å². The molecule has 0 saturated carbocycles. The van der Waals surface area contributed by atoms with Gasteiger partial charge in [-0.1, -0.05) is 23.5 Å². The minimum atomic E-state index is -0.732. The first-order valence-electron chi connectivity index (χ1n) is 9.66. The fourth-order valence-corrected chi connectivity index (χ4v) is 4.36. The molecule has 2 aromatic carbocycles. The van der Waals surface area contributed by atoms with Crippen LogP contribution >= 0.6 is 11.3 Å². The number of thiazole rings is 1. The molecule has 0 unspecified atom stereocenters. The number of primary amides is 1. The van der Waals surface area contributed by atoms with Crippen LogP contribution in [-0.4, -0.2) is 66.9 Å². The average Bonchev–Trinajstić information content (AvgIpc) is 3.21. The number of fused-ring (bicyclic) bond motifs is 1. The quantitative estimate of drug-likeness (QED) is 0.627. The van der Waals surface area contributed by atoms with Gasteiger partial charge >= 0.3 is 6.03 Å². The lowest BCUT2D eigenvalue weighted by atomic mass is 10.1. The van der Waals surface area contributed by atoms with E-state index in [1.165, 1.54) is 23.3 Å². The second kappa shape index (κ2) is 8.78. The number of morpholine rings is 1. The van der Waals surface area contributed by atoms with E-state index in [0.717, 1.165) is 15.8 Å². The third kappa shape index (κ3) is 4.39. The van der Waals surface area contributed by atoms with Gasteiger partial charge in [-0.15, -0.1) is 0 Å². The van der Waals surface area contributed by atoms with E-state index in [4.69, 9.17) is 15.2 Å². The summed E-state index contributed by atoms with van der Waals surface area (Å²) < 4.78 is 11.3. The highest BCUT2D eigenvalue weighted by Gasteiger charge is 2.25. The molecule has 10 heteroatoms. The lowest BCUT2D eigenvalue weighted by Gasteiger charge is -2.28. The third-order valence-corrected chi connectivity index (χ3v) is 6.09. The molecular formula is C21H22N4O5S. The van der Waals surface area contributed by atoms with Crippen molar-refractivity contribution in [2.24, 2.45) is 5.73 Å². The normalized spacial score (nSPS) is 13.9. The zero-order chi connectivity index (χ0) is 22.0. The number of benzene rings is 2. The van der Waals surface area contributed by atoms with Crippen LogP contribution in [0.2, 0.25) is 0 Å². The van der Waals surface area contributed by atoms with Crippen LogP contribution < -0.4 is 15.4 Å². The molecule has 1 aromatic heterocycles. The molecule has 0 radical (unpaired) electrons. The van der Waals surface area contributed by atoms with E-state index in [-0.39, 0.29) is 18.2 Å². The number of hydrogen-bond donors (Lipinski definition) is 2. The minimum absolute atomic E-state index is 0.0643. The van der Waals surface area contributed by atoms with Crippen molar-refractivity contribution in [2.75, 3.05) is 44.9 Å². The molecular weight excluding hydrogens is 420 g/mol. The Hall–Kier alpha value is -3.37. The molecule has 2 heterocycles. The standard InChI is InChI=1S/C21H22N4O5S/c1-29-17-10-13(3-5-16(17)26)14-2-4-15-18(11-14)31-21(23-15)25(20(22)28)12-19(27)24-6-8-30-9-7-24/h2-5,10-11,26H,6-9,12H2,1H3,(H2,22,28). The number of ether oxygens (including phenoxy) is 2. The monoisotopic (exact) mass is 442 g/mol. The Balaban J connectivity index is 1.61. The first-order chi connectivity index (χ1) is 15.0. The number of phenols is 1. The first kappa shape index (κ1) is 20.9. The van der Waals surface area contributed by atoms with E-state index in [1.54, 1.807) is 23.1 Å². The SMILES string of the molecule is COc1cc(-c2ccc3nc(N(CC(=O)N4CCOCC4)C(N)=O)sc3c2)ccc1O. The number of nitrogens with zero attached hydrogens (tertiary/aromatic N) is 3. The van der Waals surface area contributed by atoms with Gasteiger partial charge in [0.1, 0.15) is 6.54 Å². The van der Waals surface area contributed by atoms with E-state index in [1.807, 2.05) is 18.2 Å². The van der Waals surface area contributed by atoms with Crippen LogP contribution in [-0.2, 0) is 9.53 Å². The number of nitrogens with two attached hydrogens (primary N) is 1. The molecule has 1 aliphatic heterocycles. The van der Waals surface area contributed by atoms with Gasteiger partial charge in [-0.2, -0.15) is 0 Å². The Morgan fingerprint density at radius 2 is 1.94 bits per heavy atom. The van der Waals surface area contributed by atoms with Crippen molar-refractivity contribution in [1.29, 1.82) is 0 Å². The highest BCUT2D eigenvalue weighted by Crippen LogP contribution is 2.35. The fourth-order valence-electron chi connectivity index (χ4n) is 3.35. The lowest BCUT2D eigenvalue weighted by Crippen LogP contribution is -2.48. The summed E-state index contributed by atoms with van der Waals surface area (Å²) in [4.78, 5) is 32.0. The van der Waals surface area contributed by atoms with Crippen molar-refractivity contribution in [2.45, 2.75) is 0 Å². The van der Waals surface area contributed by atoms with E-state index >= 15 is 0 Å². The molecule has 1 aliphatic rings. The van der Waals surface area contributed by atoms with Gasteiger partial charge in [0.2, 0.25) is 5.91 Å². The number of carbonyl (C=O) groups excluding carboxylic acids is 2. The number of amides is 3. The second-order valence-electron chi connectivity index (χ2n) is 6.98. The van der Waals surface area contributed by atoms with Crippen LogP contribution in [0, 0.1) is 0 Å². The molecule has 3 N–H and O–H groups in total. The van der Waals surface area contributed by atoms with Crippen LogP contribution in [0.5, 0.6) is 11.5 Å². The Morgan fingerprint density at radius 3 is 2.65 bits per heavy atom. The Kier molecular flexibility index (Phi) is 5.92. The molecule has 0 bridgehead atoms. The van der Waals surface area contributed by atoms with E-state index in [2.05, 4.69) is 4.98 Å². The Bertz CT molecular complexity index is 1130. The van der Waals surface area contributed by atoms with Gasteiger partial charge in [0.05, 0.1) is 30.5 Å². The Labute approximate surface area is 182 Å². The highest BCUT2D eigenvalue weighted by atomic mass is 32.1. The first-order valence-corrected chi connectivity index (χ1v) is 10.5. The van der Waals surface area contributed by atoms with Crippen molar-refractivity contribution in [3.63, 3.8) is 0 Å². The molecule has 1 fully saturated rings. The number of phenolic OH excluding ortho intramolecular Hbond substituents is 1. The Morgan fingerprint density at radius 1 is 1.23 bits per heavy atom. The molecule has 162 valence electrons. The molecule has 9 nitrogen and oxygen atoms in total. The fraction of sp³-hybridized carbons (Fsp3) is 0.286. The van der Waals surface area contributed by atoms with Gasteiger partial charge in [0.15, 0.2) is 16.6 Å². The minimum Gasteiger partial charge on any atom is -0.504 e. The largest absolute Gasteiger partial charge is 0.504 e. The van der Waals surface area contributed by atoms with Crippen LogP contribution in [0.25, 0.3) is 21.3 Å².